The molecular weight excluding hydrogens is 657 g/mol. The minimum atomic E-state index is -0.661. The van der Waals surface area contributed by atoms with Crippen LogP contribution in [0.15, 0.2) is 90.3 Å². The number of hydrogen-bond acceptors (Lipinski definition) is 7. The third-order valence-corrected chi connectivity index (χ3v) is 10.7. The molecule has 1 aliphatic rings. The maximum absolute atomic E-state index is 12.9. The summed E-state index contributed by atoms with van der Waals surface area (Å²) in [7, 11) is 0. The Labute approximate surface area is 308 Å². The molecule has 8 nitrogen and oxygen atoms in total. The van der Waals surface area contributed by atoms with E-state index in [1.807, 2.05) is 66.7 Å². The number of anilines is 1. The third-order valence-electron chi connectivity index (χ3n) is 9.70. The third kappa shape index (κ3) is 12.6. The zero-order valence-electron chi connectivity index (χ0n) is 30.2. The van der Waals surface area contributed by atoms with Crippen LogP contribution < -0.4 is 5.32 Å². The Bertz CT molecular complexity index is 1540. The van der Waals surface area contributed by atoms with Crippen molar-refractivity contribution in [3.63, 3.8) is 0 Å². The fraction of sp³-hybridized carbons (Fsp3) is 0.500. The number of H-pyrrole nitrogens is 1. The fourth-order valence-electron chi connectivity index (χ4n) is 6.87. The number of nitrogens with zero attached hydrogens (tertiary/aromatic N) is 2. The molecule has 4 aromatic rings. The highest BCUT2D eigenvalue weighted by molar-refractivity contribution is 7.99. The van der Waals surface area contributed by atoms with Crippen molar-refractivity contribution in [2.75, 3.05) is 11.1 Å². The van der Waals surface area contributed by atoms with Crippen molar-refractivity contribution in [3.05, 3.63) is 107 Å². The highest BCUT2D eigenvalue weighted by Gasteiger charge is 2.42. The number of rotatable bonds is 22. The molecular formula is C42H56N4O4S. The maximum atomic E-state index is 12.9. The predicted octanol–water partition coefficient (Wildman–Crippen LogP) is 10.4. The van der Waals surface area contributed by atoms with E-state index in [1.165, 1.54) is 77.0 Å². The van der Waals surface area contributed by atoms with Crippen LogP contribution in [0.5, 0.6) is 0 Å². The number of nitrogens with one attached hydrogen (secondary N) is 2. The van der Waals surface area contributed by atoms with Crippen molar-refractivity contribution < 1.29 is 19.4 Å². The van der Waals surface area contributed by atoms with E-state index in [9.17, 15) is 9.90 Å². The number of carbonyl (C=O) groups is 1. The van der Waals surface area contributed by atoms with Crippen molar-refractivity contribution in [1.29, 1.82) is 0 Å². The van der Waals surface area contributed by atoms with Gasteiger partial charge in [0, 0.05) is 29.3 Å². The van der Waals surface area contributed by atoms with Crippen LogP contribution in [0, 0.1) is 0 Å². The summed E-state index contributed by atoms with van der Waals surface area (Å²) in [5.41, 5.74) is 4.54. The molecule has 1 fully saturated rings. The molecule has 0 bridgehead atoms. The molecule has 1 aliphatic heterocycles. The number of aliphatic hydroxyl groups is 1. The largest absolute Gasteiger partial charge is 0.392 e. The Morgan fingerprint density at radius 2 is 1.45 bits per heavy atom. The van der Waals surface area contributed by atoms with Crippen LogP contribution >= 0.6 is 11.8 Å². The van der Waals surface area contributed by atoms with Gasteiger partial charge in [-0.15, -0.1) is 0 Å². The van der Waals surface area contributed by atoms with Crippen LogP contribution in [-0.4, -0.2) is 38.1 Å². The molecule has 4 unspecified atom stereocenters. The summed E-state index contributed by atoms with van der Waals surface area (Å²) in [6, 6.07) is 26.1. The summed E-state index contributed by atoms with van der Waals surface area (Å²) < 4.78 is 13.6. The first kappa shape index (κ1) is 38.7. The predicted molar refractivity (Wildman–Crippen MR) is 205 cm³/mol. The first-order valence-corrected chi connectivity index (χ1v) is 20.1. The number of aromatic nitrogens is 3. The highest BCUT2D eigenvalue weighted by Crippen LogP contribution is 2.48. The quantitative estimate of drug-likeness (QED) is 0.0550. The van der Waals surface area contributed by atoms with Gasteiger partial charge in [0.05, 0.1) is 18.8 Å². The molecule has 9 heteroatoms. The normalized spacial score (nSPS) is 18.9. The maximum Gasteiger partial charge on any atom is 0.224 e. The number of benzene rings is 3. The van der Waals surface area contributed by atoms with Gasteiger partial charge < -0.3 is 19.9 Å². The second-order valence-corrected chi connectivity index (χ2v) is 14.7. The molecule has 0 radical (unpaired) electrons. The lowest BCUT2D eigenvalue weighted by Crippen LogP contribution is -2.38. The Morgan fingerprint density at radius 3 is 2.10 bits per heavy atom. The van der Waals surface area contributed by atoms with Crippen LogP contribution in [-0.2, 0) is 20.9 Å². The lowest BCUT2D eigenvalue weighted by Gasteiger charge is -2.43. The highest BCUT2D eigenvalue weighted by atomic mass is 32.2. The number of aromatic amines is 1. The average molecular weight is 713 g/mol. The molecule has 0 saturated carbocycles. The Kier molecular flexibility index (Phi) is 16.5. The molecule has 51 heavy (non-hydrogen) atoms. The Morgan fingerprint density at radius 1 is 0.784 bits per heavy atom. The van der Waals surface area contributed by atoms with E-state index < -0.39 is 6.29 Å². The van der Waals surface area contributed by atoms with E-state index in [0.29, 0.717) is 12.2 Å². The number of aliphatic hydroxyl groups excluding tert-OH is 1. The second kappa shape index (κ2) is 21.8. The number of amides is 1. The zero-order chi connectivity index (χ0) is 35.5. The van der Waals surface area contributed by atoms with Crippen molar-refractivity contribution in [2.24, 2.45) is 0 Å². The lowest BCUT2D eigenvalue weighted by molar-refractivity contribution is -0.255. The molecule has 5 rings (SSSR count). The Hall–Kier alpha value is -3.50. The SMILES string of the molecule is CCCCCCCCCCCCCCCC(=O)Nc1cccc(C2OC(CSc3ncn[nH]3)C(c3ccccc3)C(c3ccc(CO)cc3)O2)c1. The van der Waals surface area contributed by atoms with E-state index in [2.05, 4.69) is 39.6 Å². The van der Waals surface area contributed by atoms with Crippen molar-refractivity contribution in [1.82, 2.24) is 15.2 Å². The van der Waals surface area contributed by atoms with Gasteiger partial charge in [-0.25, -0.2) is 4.98 Å². The van der Waals surface area contributed by atoms with Gasteiger partial charge in [0.1, 0.15) is 6.33 Å². The van der Waals surface area contributed by atoms with Gasteiger partial charge >= 0.3 is 0 Å². The fourth-order valence-corrected chi connectivity index (χ4v) is 7.71. The smallest absolute Gasteiger partial charge is 0.224 e. The first-order valence-electron chi connectivity index (χ1n) is 19.1. The summed E-state index contributed by atoms with van der Waals surface area (Å²) in [4.78, 5) is 17.2. The average Bonchev–Trinajstić information content (AvgIpc) is 3.70. The van der Waals surface area contributed by atoms with E-state index in [0.717, 1.165) is 45.9 Å². The van der Waals surface area contributed by atoms with Crippen LogP contribution in [0.4, 0.5) is 5.69 Å². The van der Waals surface area contributed by atoms with Gasteiger partial charge in [-0.2, -0.15) is 5.10 Å². The first-order chi connectivity index (χ1) is 25.1. The molecule has 1 aromatic heterocycles. The molecule has 274 valence electrons. The number of unbranched alkanes of at least 4 members (excludes halogenated alkanes) is 12. The molecule has 0 aliphatic carbocycles. The standard InChI is InChI=1S/C42H56N4O4S/c1-2-3-4-5-6-7-8-9-10-11-12-13-17-23-38(48)45-36-22-18-21-35(28-36)41-49-37(30-51-42-43-31-44-46-42)39(33-19-15-14-16-20-33)40(50-41)34-26-24-32(29-47)25-27-34/h14-16,18-22,24-28,31,37,39-41,47H,2-13,17,23,29-30H2,1H3,(H,45,48)(H,43,44,46). The molecule has 3 aromatic carbocycles. The second-order valence-electron chi connectivity index (χ2n) is 13.7. The number of carbonyl (C=O) groups excluding carboxylic acids is 1. The van der Waals surface area contributed by atoms with Gasteiger partial charge in [0.15, 0.2) is 11.4 Å². The number of thioether (sulfide) groups is 1. The van der Waals surface area contributed by atoms with E-state index in [4.69, 9.17) is 9.47 Å². The van der Waals surface area contributed by atoms with Gasteiger partial charge in [-0.1, -0.05) is 162 Å². The Balaban J connectivity index is 1.18. The topological polar surface area (TPSA) is 109 Å². The van der Waals surface area contributed by atoms with Crippen LogP contribution in [0.25, 0.3) is 0 Å². The minimum Gasteiger partial charge on any atom is -0.392 e. The van der Waals surface area contributed by atoms with Crippen LogP contribution in [0.2, 0.25) is 0 Å². The molecule has 1 amide bonds. The molecule has 4 atom stereocenters. The minimum absolute atomic E-state index is 0.0199. The van der Waals surface area contributed by atoms with E-state index in [1.54, 1.807) is 11.8 Å². The van der Waals surface area contributed by atoms with Crippen molar-refractivity contribution in [3.8, 4) is 0 Å². The lowest BCUT2D eigenvalue weighted by atomic mass is 9.84. The summed E-state index contributed by atoms with van der Waals surface area (Å²) in [6.45, 7) is 2.25. The monoisotopic (exact) mass is 712 g/mol. The number of ether oxygens (including phenoxy) is 2. The molecule has 1 saturated heterocycles. The molecule has 3 N–H and O–H groups in total. The summed E-state index contributed by atoms with van der Waals surface area (Å²) in [6.07, 6.45) is 17.5. The summed E-state index contributed by atoms with van der Waals surface area (Å²) >= 11 is 1.56. The van der Waals surface area contributed by atoms with Crippen molar-refractivity contribution in [2.45, 2.75) is 133 Å². The molecule has 0 spiro atoms. The number of hydrogen-bond donors (Lipinski definition) is 3. The van der Waals surface area contributed by atoms with Crippen molar-refractivity contribution >= 4 is 23.4 Å². The van der Waals surface area contributed by atoms with Crippen LogP contribution in [0.3, 0.4) is 0 Å². The molecule has 2 heterocycles. The van der Waals surface area contributed by atoms with Gasteiger partial charge in [-0.05, 0) is 35.2 Å². The van der Waals surface area contributed by atoms with Crippen LogP contribution in [0.1, 0.15) is 137 Å². The van der Waals surface area contributed by atoms with E-state index in [-0.39, 0.29) is 30.6 Å². The van der Waals surface area contributed by atoms with Gasteiger partial charge in [-0.3, -0.25) is 9.89 Å². The summed E-state index contributed by atoms with van der Waals surface area (Å²) in [5, 5.41) is 20.5. The van der Waals surface area contributed by atoms with E-state index >= 15 is 0 Å². The summed E-state index contributed by atoms with van der Waals surface area (Å²) in [5.74, 6) is 0.546. The zero-order valence-corrected chi connectivity index (χ0v) is 31.0. The van der Waals surface area contributed by atoms with Gasteiger partial charge in [0.2, 0.25) is 5.91 Å². The van der Waals surface area contributed by atoms with Gasteiger partial charge in [0.25, 0.3) is 0 Å².